The van der Waals surface area contributed by atoms with Crippen LogP contribution < -0.4 is 10.1 Å². The van der Waals surface area contributed by atoms with Crippen LogP contribution in [0.1, 0.15) is 19.5 Å². The van der Waals surface area contributed by atoms with Crippen molar-refractivity contribution in [2.45, 2.75) is 26.5 Å². The number of rotatable bonds is 6. The van der Waals surface area contributed by atoms with Crippen LogP contribution in [0.2, 0.25) is 0 Å². The van der Waals surface area contributed by atoms with Gasteiger partial charge in [0.25, 0.3) is 0 Å². The van der Waals surface area contributed by atoms with Crippen molar-refractivity contribution in [1.82, 2.24) is 9.78 Å². The molecule has 0 bridgehead atoms. The molecule has 7 heteroatoms. The van der Waals surface area contributed by atoms with Crippen molar-refractivity contribution in [3.63, 3.8) is 0 Å². The predicted molar refractivity (Wildman–Crippen MR) is 79.4 cm³/mol. The molecule has 0 spiro atoms. The fourth-order valence-electron chi connectivity index (χ4n) is 1.87. The van der Waals surface area contributed by atoms with Crippen molar-refractivity contribution in [2.24, 2.45) is 7.05 Å². The molecular weight excluding hydrogens is 272 g/mol. The highest BCUT2D eigenvalue weighted by molar-refractivity contribution is 5.58. The van der Waals surface area contributed by atoms with Crippen LogP contribution in [0, 0.1) is 10.1 Å². The van der Waals surface area contributed by atoms with Crippen molar-refractivity contribution < 1.29 is 9.66 Å². The molecule has 1 heterocycles. The van der Waals surface area contributed by atoms with Gasteiger partial charge in [-0.15, -0.1) is 0 Å². The van der Waals surface area contributed by atoms with Gasteiger partial charge in [0, 0.05) is 31.1 Å². The molecule has 2 aromatic rings. The number of hydrogen-bond acceptors (Lipinski definition) is 5. The van der Waals surface area contributed by atoms with Crippen LogP contribution in [0.4, 0.5) is 11.4 Å². The fraction of sp³-hybridized carbons (Fsp3) is 0.357. The molecule has 0 amide bonds. The summed E-state index contributed by atoms with van der Waals surface area (Å²) in [5, 5.41) is 18.4. The van der Waals surface area contributed by atoms with Gasteiger partial charge in [-0.3, -0.25) is 14.8 Å². The molecule has 0 aliphatic rings. The van der Waals surface area contributed by atoms with E-state index in [2.05, 4.69) is 10.4 Å². The Bertz CT molecular complexity index is 637. The van der Waals surface area contributed by atoms with Gasteiger partial charge in [0.2, 0.25) is 0 Å². The smallest absolute Gasteiger partial charge is 0.311 e. The summed E-state index contributed by atoms with van der Waals surface area (Å²) in [6.07, 6.45) is 1.73. The number of anilines is 1. The molecule has 1 N–H and O–H groups in total. The maximum atomic E-state index is 11.0. The van der Waals surface area contributed by atoms with Gasteiger partial charge in [0.15, 0.2) is 5.75 Å². The van der Waals surface area contributed by atoms with Crippen LogP contribution in [0.25, 0.3) is 0 Å². The second kappa shape index (κ2) is 6.25. The molecule has 0 radical (unpaired) electrons. The summed E-state index contributed by atoms with van der Waals surface area (Å²) >= 11 is 0. The Morgan fingerprint density at radius 1 is 1.43 bits per heavy atom. The van der Waals surface area contributed by atoms with Crippen molar-refractivity contribution in [3.8, 4) is 5.75 Å². The molecule has 0 atom stereocenters. The minimum atomic E-state index is -0.444. The molecule has 0 saturated heterocycles. The SMILES string of the molecule is CC(C)Oc1cc(NCc2ccn(C)n2)ccc1[N+](=O)[O-]. The zero-order valence-corrected chi connectivity index (χ0v) is 12.2. The lowest BCUT2D eigenvalue weighted by Gasteiger charge is -2.12. The summed E-state index contributed by atoms with van der Waals surface area (Å²) in [5.74, 6) is 0.265. The largest absolute Gasteiger partial charge is 0.484 e. The molecule has 0 fully saturated rings. The molecule has 7 nitrogen and oxygen atoms in total. The Labute approximate surface area is 122 Å². The van der Waals surface area contributed by atoms with Crippen LogP contribution >= 0.6 is 0 Å². The molecule has 0 aliphatic heterocycles. The van der Waals surface area contributed by atoms with E-state index in [1.54, 1.807) is 16.8 Å². The van der Waals surface area contributed by atoms with Crippen molar-refractivity contribution in [2.75, 3.05) is 5.32 Å². The molecule has 1 aromatic heterocycles. The second-order valence-corrected chi connectivity index (χ2v) is 4.94. The number of nitrogens with one attached hydrogen (secondary N) is 1. The number of hydrogen-bond donors (Lipinski definition) is 1. The monoisotopic (exact) mass is 290 g/mol. The van der Waals surface area contributed by atoms with Crippen LogP contribution in [-0.2, 0) is 13.6 Å². The first kappa shape index (κ1) is 14.8. The number of nitro benzene ring substituents is 1. The zero-order valence-electron chi connectivity index (χ0n) is 12.2. The third kappa shape index (κ3) is 3.95. The highest BCUT2D eigenvalue weighted by atomic mass is 16.6. The van der Waals surface area contributed by atoms with Crippen LogP contribution in [-0.4, -0.2) is 20.8 Å². The van der Waals surface area contributed by atoms with E-state index in [0.717, 1.165) is 11.4 Å². The van der Waals surface area contributed by atoms with Crippen LogP contribution in [0.15, 0.2) is 30.5 Å². The first-order valence-electron chi connectivity index (χ1n) is 6.63. The molecule has 112 valence electrons. The summed E-state index contributed by atoms with van der Waals surface area (Å²) in [4.78, 5) is 10.5. The van der Waals surface area contributed by atoms with Gasteiger partial charge in [-0.2, -0.15) is 5.10 Å². The maximum absolute atomic E-state index is 11.0. The molecule has 21 heavy (non-hydrogen) atoms. The Hall–Kier alpha value is -2.57. The highest BCUT2D eigenvalue weighted by Gasteiger charge is 2.16. The minimum Gasteiger partial charge on any atom is -0.484 e. The fourth-order valence-corrected chi connectivity index (χ4v) is 1.87. The van der Waals surface area contributed by atoms with Gasteiger partial charge >= 0.3 is 5.69 Å². The number of nitro groups is 1. The molecular formula is C14H18N4O3. The van der Waals surface area contributed by atoms with Gasteiger partial charge in [-0.1, -0.05) is 0 Å². The lowest BCUT2D eigenvalue weighted by atomic mass is 10.2. The third-order valence-electron chi connectivity index (χ3n) is 2.76. The average molecular weight is 290 g/mol. The molecule has 0 aliphatic carbocycles. The Morgan fingerprint density at radius 2 is 2.19 bits per heavy atom. The standard InChI is InChI=1S/C14H18N4O3/c1-10(2)21-14-8-11(4-5-13(14)18(19)20)15-9-12-6-7-17(3)16-12/h4-8,10,15H,9H2,1-3H3. The summed E-state index contributed by atoms with van der Waals surface area (Å²) in [7, 11) is 1.85. The van der Waals surface area contributed by atoms with E-state index in [9.17, 15) is 10.1 Å². The maximum Gasteiger partial charge on any atom is 0.311 e. The van der Waals surface area contributed by atoms with E-state index >= 15 is 0 Å². The summed E-state index contributed by atoms with van der Waals surface area (Å²) in [5.41, 5.74) is 1.61. The lowest BCUT2D eigenvalue weighted by molar-refractivity contribution is -0.386. The number of ether oxygens (including phenoxy) is 1. The molecule has 0 unspecified atom stereocenters. The van der Waals surface area contributed by atoms with Gasteiger partial charge in [0.05, 0.1) is 23.3 Å². The van der Waals surface area contributed by atoms with Crippen LogP contribution in [0.3, 0.4) is 0 Å². The first-order valence-corrected chi connectivity index (χ1v) is 6.63. The Morgan fingerprint density at radius 3 is 2.76 bits per heavy atom. The number of aryl methyl sites for hydroxylation is 1. The van der Waals surface area contributed by atoms with Gasteiger partial charge < -0.3 is 10.1 Å². The normalized spacial score (nSPS) is 10.7. The molecule has 2 rings (SSSR count). The van der Waals surface area contributed by atoms with Gasteiger partial charge in [0.1, 0.15) is 0 Å². The predicted octanol–water partition coefficient (Wildman–Crippen LogP) is 2.73. The molecule has 1 aromatic carbocycles. The number of nitrogens with zero attached hydrogens (tertiary/aromatic N) is 3. The van der Waals surface area contributed by atoms with Crippen molar-refractivity contribution >= 4 is 11.4 Å². The van der Waals surface area contributed by atoms with Crippen LogP contribution in [0.5, 0.6) is 5.75 Å². The second-order valence-electron chi connectivity index (χ2n) is 4.94. The Balaban J connectivity index is 2.14. The van der Waals surface area contributed by atoms with E-state index < -0.39 is 4.92 Å². The Kier molecular flexibility index (Phi) is 4.42. The topological polar surface area (TPSA) is 82.2 Å². The summed E-state index contributed by atoms with van der Waals surface area (Å²) < 4.78 is 7.22. The van der Waals surface area contributed by atoms with E-state index in [4.69, 9.17) is 4.74 Å². The number of aromatic nitrogens is 2. The lowest BCUT2D eigenvalue weighted by Crippen LogP contribution is -2.08. The third-order valence-corrected chi connectivity index (χ3v) is 2.76. The van der Waals surface area contributed by atoms with Crippen molar-refractivity contribution in [1.29, 1.82) is 0 Å². The minimum absolute atomic E-state index is 0.0351. The quantitative estimate of drug-likeness (QED) is 0.653. The van der Waals surface area contributed by atoms with Gasteiger partial charge in [-0.05, 0) is 26.0 Å². The number of benzene rings is 1. The summed E-state index contributed by atoms with van der Waals surface area (Å²) in [6, 6.07) is 6.65. The highest BCUT2D eigenvalue weighted by Crippen LogP contribution is 2.31. The van der Waals surface area contributed by atoms with E-state index in [1.807, 2.05) is 33.2 Å². The van der Waals surface area contributed by atoms with E-state index in [1.165, 1.54) is 6.07 Å². The molecule has 0 saturated carbocycles. The van der Waals surface area contributed by atoms with Gasteiger partial charge in [-0.25, -0.2) is 0 Å². The zero-order chi connectivity index (χ0) is 15.4. The average Bonchev–Trinajstić information content (AvgIpc) is 2.81. The first-order chi connectivity index (χ1) is 9.95. The van der Waals surface area contributed by atoms with Crippen molar-refractivity contribution in [3.05, 3.63) is 46.3 Å². The van der Waals surface area contributed by atoms with E-state index in [0.29, 0.717) is 6.54 Å². The summed E-state index contributed by atoms with van der Waals surface area (Å²) in [6.45, 7) is 4.20. The van der Waals surface area contributed by atoms with E-state index in [-0.39, 0.29) is 17.5 Å².